The quantitative estimate of drug-likeness (QED) is 0.501. The molecule has 35 heavy (non-hydrogen) atoms. The van der Waals surface area contributed by atoms with Crippen LogP contribution in [0.3, 0.4) is 0 Å². The summed E-state index contributed by atoms with van der Waals surface area (Å²) >= 11 is 0. The van der Waals surface area contributed by atoms with Crippen molar-refractivity contribution in [3.05, 3.63) is 48.5 Å². The van der Waals surface area contributed by atoms with Crippen LogP contribution >= 0.6 is 0 Å². The summed E-state index contributed by atoms with van der Waals surface area (Å²) in [4.78, 5) is 36.0. The van der Waals surface area contributed by atoms with Crippen LogP contribution in [0.5, 0.6) is 11.6 Å². The second-order valence-electron chi connectivity index (χ2n) is 9.25. The van der Waals surface area contributed by atoms with Gasteiger partial charge in [-0.1, -0.05) is 30.3 Å². The van der Waals surface area contributed by atoms with E-state index in [1.165, 1.54) is 12.0 Å². The molecule has 1 aliphatic rings. The molecule has 1 amide bonds. The third-order valence-electron chi connectivity index (χ3n) is 5.54. The Morgan fingerprint density at radius 1 is 1.03 bits per heavy atom. The van der Waals surface area contributed by atoms with Crippen LogP contribution in [0, 0.1) is 0 Å². The summed E-state index contributed by atoms with van der Waals surface area (Å²) < 4.78 is 22.1. The van der Waals surface area contributed by atoms with Gasteiger partial charge in [-0.25, -0.2) is 14.6 Å². The molecule has 0 bridgehead atoms. The average Bonchev–Trinajstić information content (AvgIpc) is 3.26. The molecule has 2 heterocycles. The van der Waals surface area contributed by atoms with Crippen molar-refractivity contribution in [1.82, 2.24) is 14.9 Å². The van der Waals surface area contributed by atoms with Gasteiger partial charge >= 0.3 is 12.1 Å². The van der Waals surface area contributed by atoms with Crippen molar-refractivity contribution in [3.63, 3.8) is 0 Å². The average molecular weight is 480 g/mol. The number of fused-ring (bicyclic) bond motifs is 1. The molecule has 2 atom stereocenters. The fourth-order valence-corrected chi connectivity index (χ4v) is 3.94. The summed E-state index contributed by atoms with van der Waals surface area (Å²) in [6.07, 6.45) is -0.875. The molecule has 1 aromatic heterocycles. The van der Waals surface area contributed by atoms with E-state index >= 15 is 0 Å². The molecule has 2 aromatic carbocycles. The van der Waals surface area contributed by atoms with Crippen LogP contribution in [0.1, 0.15) is 27.2 Å². The van der Waals surface area contributed by atoms with Crippen molar-refractivity contribution in [2.24, 2.45) is 0 Å². The monoisotopic (exact) mass is 479 g/mol. The minimum absolute atomic E-state index is 0.144. The number of rotatable bonds is 5. The fraction of sp³-hybridized carbons (Fsp3) is 0.385. The Balaban J connectivity index is 1.69. The van der Waals surface area contributed by atoms with Gasteiger partial charge in [0.05, 0.1) is 31.7 Å². The Labute approximate surface area is 204 Å². The molecule has 1 aliphatic heterocycles. The Kier molecular flexibility index (Phi) is 6.77. The zero-order valence-electron chi connectivity index (χ0n) is 20.5. The highest BCUT2D eigenvalue weighted by atomic mass is 16.6. The van der Waals surface area contributed by atoms with E-state index < -0.39 is 29.8 Å². The van der Waals surface area contributed by atoms with E-state index in [1.54, 1.807) is 33.9 Å². The maximum atomic E-state index is 12.8. The SMILES string of the molecule is COC(=O)C1C[C@@H](Oc2nc(-c3ccccc3)nc3ccc(OC)cc23)CN1C(=O)OC(C)(C)C. The molecule has 0 saturated carbocycles. The van der Waals surface area contributed by atoms with Gasteiger partial charge in [0.1, 0.15) is 23.5 Å². The molecule has 9 nitrogen and oxygen atoms in total. The Bertz CT molecular complexity index is 1220. The predicted octanol–water partition coefficient (Wildman–Crippen LogP) is 4.24. The predicted molar refractivity (Wildman–Crippen MR) is 129 cm³/mol. The number of ether oxygens (including phenoxy) is 4. The zero-order valence-corrected chi connectivity index (χ0v) is 20.5. The number of nitrogens with zero attached hydrogens (tertiary/aromatic N) is 3. The van der Waals surface area contributed by atoms with Gasteiger partial charge < -0.3 is 18.9 Å². The largest absolute Gasteiger partial charge is 0.497 e. The summed E-state index contributed by atoms with van der Waals surface area (Å²) in [6, 6.07) is 14.2. The van der Waals surface area contributed by atoms with Crippen LogP contribution in [-0.2, 0) is 14.3 Å². The van der Waals surface area contributed by atoms with E-state index in [2.05, 4.69) is 4.98 Å². The van der Waals surface area contributed by atoms with E-state index in [4.69, 9.17) is 23.9 Å². The third kappa shape index (κ3) is 5.45. The lowest BCUT2D eigenvalue weighted by Gasteiger charge is -2.27. The first-order valence-electron chi connectivity index (χ1n) is 11.3. The maximum Gasteiger partial charge on any atom is 0.411 e. The molecular formula is C26H29N3O6. The standard InChI is InChI=1S/C26H29N3O6/c1-26(2,3)35-25(31)29-15-18(14-21(29)24(30)33-5)34-23-19-13-17(32-4)11-12-20(19)27-22(28-23)16-9-7-6-8-10-16/h6-13,18,21H,14-15H2,1-5H3/t18-,21?/m1/s1. The number of amides is 1. The molecule has 0 aliphatic carbocycles. The van der Waals surface area contributed by atoms with Gasteiger partial charge in [0.2, 0.25) is 5.88 Å². The molecule has 4 rings (SSSR count). The molecule has 0 radical (unpaired) electrons. The molecular weight excluding hydrogens is 450 g/mol. The summed E-state index contributed by atoms with van der Waals surface area (Å²) in [5, 5.41) is 0.661. The van der Waals surface area contributed by atoms with Crippen molar-refractivity contribution >= 4 is 23.0 Å². The molecule has 9 heteroatoms. The van der Waals surface area contributed by atoms with Gasteiger partial charge in [-0.2, -0.15) is 4.98 Å². The highest BCUT2D eigenvalue weighted by Gasteiger charge is 2.43. The normalized spacial score (nSPS) is 17.8. The van der Waals surface area contributed by atoms with Gasteiger partial charge in [-0.3, -0.25) is 4.90 Å². The minimum atomic E-state index is -0.823. The lowest BCUT2D eigenvalue weighted by Crippen LogP contribution is -2.44. The number of aromatic nitrogens is 2. The van der Waals surface area contributed by atoms with Crippen LogP contribution in [0.2, 0.25) is 0 Å². The first kappa shape index (κ1) is 24.3. The fourth-order valence-electron chi connectivity index (χ4n) is 3.94. The van der Waals surface area contributed by atoms with Gasteiger partial charge in [-0.15, -0.1) is 0 Å². The highest BCUT2D eigenvalue weighted by Crippen LogP contribution is 2.32. The van der Waals surface area contributed by atoms with E-state index in [0.717, 1.165) is 5.56 Å². The molecule has 1 unspecified atom stereocenters. The second-order valence-corrected chi connectivity index (χ2v) is 9.25. The molecule has 1 saturated heterocycles. The van der Waals surface area contributed by atoms with Gasteiger partial charge in [0.15, 0.2) is 5.82 Å². The van der Waals surface area contributed by atoms with Gasteiger partial charge in [-0.05, 0) is 39.0 Å². The molecule has 0 N–H and O–H groups in total. The zero-order chi connectivity index (χ0) is 25.2. The van der Waals surface area contributed by atoms with Crippen molar-refractivity contribution in [1.29, 1.82) is 0 Å². The maximum absolute atomic E-state index is 12.8. The van der Waals surface area contributed by atoms with E-state index in [-0.39, 0.29) is 13.0 Å². The highest BCUT2D eigenvalue weighted by molar-refractivity contribution is 5.87. The number of benzene rings is 2. The van der Waals surface area contributed by atoms with Crippen LogP contribution in [0.25, 0.3) is 22.3 Å². The van der Waals surface area contributed by atoms with Gasteiger partial charge in [0, 0.05) is 12.0 Å². The molecule has 3 aromatic rings. The third-order valence-corrected chi connectivity index (χ3v) is 5.54. The lowest BCUT2D eigenvalue weighted by atomic mass is 10.1. The number of hydrogen-bond donors (Lipinski definition) is 0. The van der Waals surface area contributed by atoms with Gasteiger partial charge in [0.25, 0.3) is 0 Å². The van der Waals surface area contributed by atoms with Crippen molar-refractivity contribution in [3.8, 4) is 23.0 Å². The van der Waals surface area contributed by atoms with E-state index in [9.17, 15) is 9.59 Å². The number of methoxy groups -OCH3 is 2. The van der Waals surface area contributed by atoms with Crippen LogP contribution in [0.15, 0.2) is 48.5 Å². The topological polar surface area (TPSA) is 100 Å². The van der Waals surface area contributed by atoms with Crippen LogP contribution in [-0.4, -0.2) is 65.4 Å². The Hall–Kier alpha value is -3.88. The summed E-state index contributed by atoms with van der Waals surface area (Å²) in [6.45, 7) is 5.46. The number of likely N-dealkylation sites (tertiary alicyclic amines) is 1. The molecule has 1 fully saturated rings. The number of carbonyl (C=O) groups is 2. The van der Waals surface area contributed by atoms with Crippen molar-refractivity contribution < 1.29 is 28.5 Å². The lowest BCUT2D eigenvalue weighted by molar-refractivity contribution is -0.145. The number of esters is 1. The smallest absolute Gasteiger partial charge is 0.411 e. The minimum Gasteiger partial charge on any atom is -0.497 e. The first-order valence-corrected chi connectivity index (χ1v) is 11.3. The van der Waals surface area contributed by atoms with E-state index in [0.29, 0.717) is 28.4 Å². The molecule has 184 valence electrons. The molecule has 0 spiro atoms. The second kappa shape index (κ2) is 9.77. The summed E-state index contributed by atoms with van der Waals surface area (Å²) in [5.74, 6) is 0.950. The first-order chi connectivity index (χ1) is 16.7. The Morgan fingerprint density at radius 3 is 2.43 bits per heavy atom. The Morgan fingerprint density at radius 2 is 1.77 bits per heavy atom. The summed E-state index contributed by atoms with van der Waals surface area (Å²) in [5.41, 5.74) is 0.811. The van der Waals surface area contributed by atoms with Crippen LogP contribution in [0.4, 0.5) is 4.79 Å². The van der Waals surface area contributed by atoms with Crippen molar-refractivity contribution in [2.75, 3.05) is 20.8 Å². The van der Waals surface area contributed by atoms with Crippen LogP contribution < -0.4 is 9.47 Å². The van der Waals surface area contributed by atoms with E-state index in [1.807, 2.05) is 42.5 Å². The number of carbonyl (C=O) groups excluding carboxylic acids is 2. The summed E-state index contributed by atoms with van der Waals surface area (Å²) in [7, 11) is 2.87. The van der Waals surface area contributed by atoms with Crippen molar-refractivity contribution in [2.45, 2.75) is 44.9 Å². The number of hydrogen-bond acceptors (Lipinski definition) is 8.